The fourth-order valence-corrected chi connectivity index (χ4v) is 5.96. The highest BCUT2D eigenvalue weighted by atomic mass is 16.2. The molecule has 2 aliphatic rings. The van der Waals surface area contributed by atoms with Crippen LogP contribution in [0.15, 0.2) is 42.6 Å². The molecule has 194 valence electrons. The molecule has 1 N–H and O–H groups in total. The van der Waals surface area contributed by atoms with Crippen LogP contribution in [-0.2, 0) is 15.1 Å². The Hall–Kier alpha value is -3.13. The monoisotopic (exact) mass is 492 g/mol. The van der Waals surface area contributed by atoms with Crippen molar-refractivity contribution in [3.8, 4) is 0 Å². The number of piperazine rings is 1. The predicted molar refractivity (Wildman–Crippen MR) is 144 cm³/mol. The predicted octanol–water partition coefficient (Wildman–Crippen LogP) is 2.62. The zero-order chi connectivity index (χ0) is 25.9. The third-order valence-electron chi connectivity index (χ3n) is 8.37. The summed E-state index contributed by atoms with van der Waals surface area (Å²) < 4.78 is 0. The van der Waals surface area contributed by atoms with Crippen LogP contribution in [0, 0.1) is 6.92 Å². The number of aromatic nitrogens is 1. The van der Waals surface area contributed by atoms with Gasteiger partial charge < -0.3 is 20.0 Å². The molecule has 8 heteroatoms. The van der Waals surface area contributed by atoms with E-state index in [1.165, 1.54) is 5.56 Å². The van der Waals surface area contributed by atoms with Gasteiger partial charge in [-0.15, -0.1) is 0 Å². The van der Waals surface area contributed by atoms with E-state index < -0.39 is 0 Å². The van der Waals surface area contributed by atoms with Crippen molar-refractivity contribution in [1.29, 1.82) is 0 Å². The summed E-state index contributed by atoms with van der Waals surface area (Å²) in [4.78, 5) is 36.9. The van der Waals surface area contributed by atoms with Crippen LogP contribution < -0.4 is 15.1 Å². The smallest absolute Gasteiger partial charge is 0.241 e. The minimum Gasteiger partial charge on any atom is -0.371 e. The van der Waals surface area contributed by atoms with Crippen LogP contribution in [0.3, 0.4) is 0 Å². The van der Waals surface area contributed by atoms with E-state index in [9.17, 15) is 9.59 Å². The zero-order valence-electron chi connectivity index (χ0n) is 22.3. The van der Waals surface area contributed by atoms with Crippen LogP contribution in [0.25, 0.3) is 0 Å². The molecular formula is C28H40N6O2. The molecule has 1 aliphatic carbocycles. The lowest BCUT2D eigenvalue weighted by Gasteiger charge is -2.51. The summed E-state index contributed by atoms with van der Waals surface area (Å²) in [5, 5.41) is 3.21. The summed E-state index contributed by atoms with van der Waals surface area (Å²) in [6, 6.07) is 12.8. The van der Waals surface area contributed by atoms with Gasteiger partial charge in [-0.1, -0.05) is 30.3 Å². The number of carbonyl (C=O) groups excluding carboxylic acids is 2. The number of benzene rings is 1. The van der Waals surface area contributed by atoms with Gasteiger partial charge in [0.25, 0.3) is 0 Å². The van der Waals surface area contributed by atoms with Crippen molar-refractivity contribution in [2.75, 3.05) is 64.2 Å². The molecule has 1 saturated carbocycles. The van der Waals surface area contributed by atoms with Gasteiger partial charge in [-0.2, -0.15) is 0 Å². The Morgan fingerprint density at radius 3 is 2.36 bits per heavy atom. The standard InChI is InChI=1S/C28H40N6O2/c1-22-17-25(34-16-15-32(4)26(36)19-34)29-18-24(22)33(5)20-27(30-21-35)11-13-28(14-12-27,31(2)3)23-9-7-6-8-10-23/h6-10,17-18,21H,11-16,19-20H2,1-5H3,(H,30,35). The first kappa shape index (κ1) is 25.9. The Kier molecular flexibility index (Phi) is 7.54. The number of anilines is 2. The van der Waals surface area contributed by atoms with Crippen molar-refractivity contribution in [1.82, 2.24) is 20.1 Å². The highest BCUT2D eigenvalue weighted by Crippen LogP contribution is 2.45. The molecule has 0 unspecified atom stereocenters. The Bertz CT molecular complexity index is 1060. The van der Waals surface area contributed by atoms with E-state index in [1.54, 1.807) is 4.90 Å². The first-order chi connectivity index (χ1) is 17.2. The fourth-order valence-electron chi connectivity index (χ4n) is 5.96. The molecule has 36 heavy (non-hydrogen) atoms. The number of pyridine rings is 1. The molecule has 2 aromatic rings. The second-order valence-corrected chi connectivity index (χ2v) is 10.8. The fraction of sp³-hybridized carbons (Fsp3) is 0.536. The summed E-state index contributed by atoms with van der Waals surface area (Å²) in [5.41, 5.74) is 3.14. The molecule has 4 rings (SSSR count). The Morgan fingerprint density at radius 1 is 1.08 bits per heavy atom. The van der Waals surface area contributed by atoms with E-state index >= 15 is 0 Å². The molecule has 1 saturated heterocycles. The van der Waals surface area contributed by atoms with Gasteiger partial charge in [0, 0.05) is 39.3 Å². The van der Waals surface area contributed by atoms with E-state index in [-0.39, 0.29) is 17.0 Å². The summed E-state index contributed by atoms with van der Waals surface area (Å²) in [5.74, 6) is 0.952. The molecule has 1 aliphatic heterocycles. The van der Waals surface area contributed by atoms with E-state index in [4.69, 9.17) is 4.98 Å². The molecule has 2 heterocycles. The normalized spacial score (nSPS) is 24.7. The Labute approximate surface area is 215 Å². The molecule has 0 bridgehead atoms. The van der Waals surface area contributed by atoms with Gasteiger partial charge in [0.15, 0.2) is 0 Å². The lowest BCUT2D eigenvalue weighted by molar-refractivity contribution is -0.129. The van der Waals surface area contributed by atoms with E-state index in [0.29, 0.717) is 19.6 Å². The maximum atomic E-state index is 12.1. The quantitative estimate of drug-likeness (QED) is 0.572. The molecule has 1 aromatic heterocycles. The first-order valence-corrected chi connectivity index (χ1v) is 12.8. The van der Waals surface area contributed by atoms with Crippen molar-refractivity contribution < 1.29 is 9.59 Å². The summed E-state index contributed by atoms with van der Waals surface area (Å²) in [7, 11) is 8.23. The third kappa shape index (κ3) is 5.05. The maximum Gasteiger partial charge on any atom is 0.241 e. The van der Waals surface area contributed by atoms with E-state index in [1.807, 2.05) is 18.1 Å². The van der Waals surface area contributed by atoms with Gasteiger partial charge in [0.2, 0.25) is 12.3 Å². The van der Waals surface area contributed by atoms with Gasteiger partial charge in [0.1, 0.15) is 5.82 Å². The van der Waals surface area contributed by atoms with Crippen LogP contribution in [-0.4, -0.2) is 87.0 Å². The van der Waals surface area contributed by atoms with Crippen LogP contribution in [0.1, 0.15) is 36.8 Å². The third-order valence-corrected chi connectivity index (χ3v) is 8.37. The number of rotatable bonds is 8. The Morgan fingerprint density at radius 2 is 1.78 bits per heavy atom. The highest BCUT2D eigenvalue weighted by molar-refractivity contribution is 5.82. The number of nitrogens with one attached hydrogen (secondary N) is 1. The molecule has 2 fully saturated rings. The van der Waals surface area contributed by atoms with E-state index in [2.05, 4.69) is 79.6 Å². The zero-order valence-corrected chi connectivity index (χ0v) is 22.3. The summed E-state index contributed by atoms with van der Waals surface area (Å²) >= 11 is 0. The van der Waals surface area contributed by atoms with Gasteiger partial charge in [-0.25, -0.2) is 4.98 Å². The second-order valence-electron chi connectivity index (χ2n) is 10.8. The lowest BCUT2D eigenvalue weighted by Crippen LogP contribution is -2.58. The van der Waals surface area contributed by atoms with Gasteiger partial charge >= 0.3 is 0 Å². The van der Waals surface area contributed by atoms with Crippen molar-refractivity contribution >= 4 is 23.8 Å². The first-order valence-electron chi connectivity index (χ1n) is 12.8. The second kappa shape index (κ2) is 10.5. The molecule has 0 spiro atoms. The number of amides is 2. The average molecular weight is 493 g/mol. The molecule has 0 atom stereocenters. The van der Waals surface area contributed by atoms with Crippen LogP contribution in [0.2, 0.25) is 0 Å². The molecular weight excluding hydrogens is 452 g/mol. The maximum absolute atomic E-state index is 12.1. The van der Waals surface area contributed by atoms with Crippen molar-refractivity contribution in [2.24, 2.45) is 0 Å². The number of likely N-dealkylation sites (N-methyl/N-ethyl adjacent to an activating group) is 2. The average Bonchev–Trinajstić information content (AvgIpc) is 2.86. The van der Waals surface area contributed by atoms with E-state index in [0.717, 1.165) is 55.7 Å². The van der Waals surface area contributed by atoms with Crippen LogP contribution >= 0.6 is 0 Å². The molecule has 8 nitrogen and oxygen atoms in total. The largest absolute Gasteiger partial charge is 0.371 e. The number of hydrogen-bond acceptors (Lipinski definition) is 6. The topological polar surface area (TPSA) is 72.0 Å². The minimum absolute atomic E-state index is 0.0348. The highest BCUT2D eigenvalue weighted by Gasteiger charge is 2.45. The lowest BCUT2D eigenvalue weighted by atomic mass is 9.68. The van der Waals surface area contributed by atoms with Crippen LogP contribution in [0.5, 0.6) is 0 Å². The van der Waals surface area contributed by atoms with Crippen molar-refractivity contribution in [2.45, 2.75) is 43.7 Å². The number of carbonyl (C=O) groups is 2. The van der Waals surface area contributed by atoms with Crippen molar-refractivity contribution in [3.05, 3.63) is 53.7 Å². The van der Waals surface area contributed by atoms with Crippen LogP contribution in [0.4, 0.5) is 11.5 Å². The number of aryl methyl sites for hydroxylation is 1. The van der Waals surface area contributed by atoms with Gasteiger partial charge in [-0.3, -0.25) is 14.5 Å². The Balaban J connectivity index is 1.50. The van der Waals surface area contributed by atoms with Crippen molar-refractivity contribution in [3.63, 3.8) is 0 Å². The number of hydrogen-bond donors (Lipinski definition) is 1. The van der Waals surface area contributed by atoms with Gasteiger partial charge in [0.05, 0.1) is 24.0 Å². The summed E-state index contributed by atoms with van der Waals surface area (Å²) in [6.07, 6.45) is 6.46. The summed E-state index contributed by atoms with van der Waals surface area (Å²) in [6.45, 7) is 4.64. The van der Waals surface area contributed by atoms with Gasteiger partial charge in [-0.05, 0) is 63.9 Å². The molecule has 2 amide bonds. The SMILES string of the molecule is Cc1cc(N2CCN(C)C(=O)C2)ncc1N(C)CC1(NC=O)CCC(c2ccccc2)(N(C)C)CC1. The molecule has 0 radical (unpaired) electrons. The number of nitrogens with zero attached hydrogens (tertiary/aromatic N) is 5. The minimum atomic E-state index is -0.306. The molecule has 1 aromatic carbocycles.